The molecule has 1 aromatic carbocycles. The standard InChI is InChI=1S/C9H6N2S2/c10-4-5-3-7-6(1-2-13-7)8(11)9(5)12/h1-3,12H,11H2. The van der Waals surface area contributed by atoms with Gasteiger partial charge in [-0.1, -0.05) is 0 Å². The fourth-order valence-corrected chi connectivity index (χ4v) is 2.29. The van der Waals surface area contributed by atoms with Gasteiger partial charge in [0.05, 0.1) is 11.3 Å². The quantitative estimate of drug-likeness (QED) is 0.514. The van der Waals surface area contributed by atoms with Gasteiger partial charge >= 0.3 is 0 Å². The number of nitrogen functional groups attached to an aromatic ring is 1. The van der Waals surface area contributed by atoms with Crippen LogP contribution >= 0.6 is 24.0 Å². The summed E-state index contributed by atoms with van der Waals surface area (Å²) in [5.74, 6) is 0. The number of nitriles is 1. The minimum Gasteiger partial charge on any atom is -0.397 e. The molecule has 0 saturated carbocycles. The predicted octanol–water partition coefficient (Wildman–Crippen LogP) is 2.64. The molecule has 2 nitrogen and oxygen atoms in total. The number of fused-ring (bicyclic) bond motifs is 1. The topological polar surface area (TPSA) is 49.8 Å². The van der Waals surface area contributed by atoms with Crippen molar-refractivity contribution < 1.29 is 0 Å². The summed E-state index contributed by atoms with van der Waals surface area (Å²) in [6.07, 6.45) is 0. The zero-order valence-electron chi connectivity index (χ0n) is 6.61. The van der Waals surface area contributed by atoms with Gasteiger partial charge in [-0.25, -0.2) is 0 Å². The van der Waals surface area contributed by atoms with Gasteiger partial charge in [-0.05, 0) is 17.5 Å². The lowest BCUT2D eigenvalue weighted by Crippen LogP contribution is -1.90. The smallest absolute Gasteiger partial charge is 0.100 e. The first-order valence-electron chi connectivity index (χ1n) is 3.63. The molecule has 0 saturated heterocycles. The lowest BCUT2D eigenvalue weighted by Gasteiger charge is -2.02. The van der Waals surface area contributed by atoms with Crippen molar-refractivity contribution in [3.05, 3.63) is 23.1 Å². The van der Waals surface area contributed by atoms with E-state index in [-0.39, 0.29) is 0 Å². The Morgan fingerprint density at radius 2 is 2.31 bits per heavy atom. The molecule has 0 aliphatic carbocycles. The van der Waals surface area contributed by atoms with Crippen molar-refractivity contribution in [3.63, 3.8) is 0 Å². The summed E-state index contributed by atoms with van der Waals surface area (Å²) in [4.78, 5) is 0.577. The molecule has 0 aliphatic rings. The van der Waals surface area contributed by atoms with E-state index in [4.69, 9.17) is 11.0 Å². The molecule has 0 unspecified atom stereocenters. The maximum absolute atomic E-state index is 8.79. The van der Waals surface area contributed by atoms with Crippen LogP contribution in [-0.2, 0) is 0 Å². The lowest BCUT2D eigenvalue weighted by molar-refractivity contribution is 1.41. The number of thiophene rings is 1. The van der Waals surface area contributed by atoms with Crippen molar-refractivity contribution in [1.29, 1.82) is 5.26 Å². The minimum atomic E-state index is 0.538. The van der Waals surface area contributed by atoms with Gasteiger partial charge in [0.1, 0.15) is 6.07 Å². The molecular formula is C9H6N2S2. The monoisotopic (exact) mass is 206 g/mol. The summed E-state index contributed by atoms with van der Waals surface area (Å²) >= 11 is 5.77. The molecule has 0 aliphatic heterocycles. The number of rotatable bonds is 0. The maximum Gasteiger partial charge on any atom is 0.100 e. The van der Waals surface area contributed by atoms with Gasteiger partial charge in [0, 0.05) is 15.0 Å². The zero-order chi connectivity index (χ0) is 9.42. The fourth-order valence-electron chi connectivity index (χ4n) is 1.21. The molecule has 4 heteroatoms. The molecule has 0 bridgehead atoms. The average molecular weight is 206 g/mol. The largest absolute Gasteiger partial charge is 0.397 e. The highest BCUT2D eigenvalue weighted by Crippen LogP contribution is 2.33. The van der Waals surface area contributed by atoms with Crippen LogP contribution in [0, 0.1) is 11.3 Å². The Bertz CT molecular complexity index is 508. The molecule has 13 heavy (non-hydrogen) atoms. The van der Waals surface area contributed by atoms with Gasteiger partial charge < -0.3 is 5.73 Å². The van der Waals surface area contributed by atoms with E-state index in [0.29, 0.717) is 16.1 Å². The van der Waals surface area contributed by atoms with E-state index < -0.39 is 0 Å². The summed E-state index contributed by atoms with van der Waals surface area (Å²) < 4.78 is 1.03. The van der Waals surface area contributed by atoms with Crippen molar-refractivity contribution in [3.8, 4) is 6.07 Å². The highest BCUT2D eigenvalue weighted by atomic mass is 32.1. The SMILES string of the molecule is N#Cc1cc2sccc2c(N)c1S. The van der Waals surface area contributed by atoms with E-state index in [2.05, 4.69) is 18.7 Å². The van der Waals surface area contributed by atoms with E-state index >= 15 is 0 Å². The Morgan fingerprint density at radius 1 is 1.54 bits per heavy atom. The van der Waals surface area contributed by atoms with Crippen molar-refractivity contribution in [1.82, 2.24) is 0 Å². The number of benzene rings is 1. The third-order valence-electron chi connectivity index (χ3n) is 1.89. The number of hydrogen-bond acceptors (Lipinski definition) is 4. The van der Waals surface area contributed by atoms with E-state index in [1.54, 1.807) is 11.3 Å². The van der Waals surface area contributed by atoms with Crippen LogP contribution in [0.1, 0.15) is 5.56 Å². The van der Waals surface area contributed by atoms with Gasteiger partial charge in [0.15, 0.2) is 0 Å². The molecule has 2 rings (SSSR count). The van der Waals surface area contributed by atoms with Crippen molar-refractivity contribution in [2.45, 2.75) is 4.90 Å². The Morgan fingerprint density at radius 3 is 3.00 bits per heavy atom. The Balaban J connectivity index is 2.94. The maximum atomic E-state index is 8.79. The first-order chi connectivity index (χ1) is 6.24. The van der Waals surface area contributed by atoms with Crippen LogP contribution in [0.15, 0.2) is 22.4 Å². The van der Waals surface area contributed by atoms with E-state index in [9.17, 15) is 0 Å². The molecule has 1 aromatic heterocycles. The Labute approximate surface area is 85.0 Å². The summed E-state index contributed by atoms with van der Waals surface area (Å²) in [5.41, 5.74) is 6.95. The highest BCUT2D eigenvalue weighted by Gasteiger charge is 2.08. The van der Waals surface area contributed by atoms with Crippen LogP contribution in [0.5, 0.6) is 0 Å². The van der Waals surface area contributed by atoms with Crippen LogP contribution in [0.4, 0.5) is 5.69 Å². The van der Waals surface area contributed by atoms with Gasteiger partial charge in [-0.3, -0.25) is 0 Å². The number of nitrogens with two attached hydrogens (primary N) is 1. The summed E-state index contributed by atoms with van der Waals surface area (Å²) in [6.45, 7) is 0. The second kappa shape index (κ2) is 2.95. The van der Waals surface area contributed by atoms with Gasteiger partial charge in [0.2, 0.25) is 0 Å². The van der Waals surface area contributed by atoms with Crippen LogP contribution in [0.2, 0.25) is 0 Å². The summed E-state index contributed by atoms with van der Waals surface area (Å²) in [6, 6.07) is 5.83. The van der Waals surface area contributed by atoms with Crippen LogP contribution in [-0.4, -0.2) is 0 Å². The normalized spacial score (nSPS) is 10.2. The van der Waals surface area contributed by atoms with Crippen molar-refractivity contribution in [2.75, 3.05) is 5.73 Å². The molecule has 0 spiro atoms. The van der Waals surface area contributed by atoms with Crippen molar-refractivity contribution >= 4 is 39.7 Å². The zero-order valence-corrected chi connectivity index (χ0v) is 8.32. The molecule has 0 atom stereocenters. The number of hydrogen-bond donors (Lipinski definition) is 2. The third kappa shape index (κ3) is 1.17. The average Bonchev–Trinajstić information content (AvgIpc) is 2.59. The molecule has 0 radical (unpaired) electrons. The highest BCUT2D eigenvalue weighted by molar-refractivity contribution is 7.80. The van der Waals surface area contributed by atoms with E-state index in [1.165, 1.54) is 0 Å². The first-order valence-corrected chi connectivity index (χ1v) is 4.95. The van der Waals surface area contributed by atoms with Crippen LogP contribution in [0.3, 0.4) is 0 Å². The van der Waals surface area contributed by atoms with Gasteiger partial charge in [-0.2, -0.15) is 5.26 Å². The molecule has 64 valence electrons. The number of nitrogens with zero attached hydrogens (tertiary/aromatic N) is 1. The molecular weight excluding hydrogens is 200 g/mol. The number of thiol groups is 1. The minimum absolute atomic E-state index is 0.538. The fraction of sp³-hybridized carbons (Fsp3) is 0. The lowest BCUT2D eigenvalue weighted by atomic mass is 10.1. The Hall–Kier alpha value is -1.18. The molecule has 2 N–H and O–H groups in total. The van der Waals surface area contributed by atoms with Crippen LogP contribution in [0.25, 0.3) is 10.1 Å². The third-order valence-corrected chi connectivity index (χ3v) is 3.24. The van der Waals surface area contributed by atoms with Crippen molar-refractivity contribution in [2.24, 2.45) is 0 Å². The van der Waals surface area contributed by atoms with Gasteiger partial charge in [0.25, 0.3) is 0 Å². The molecule has 0 amide bonds. The molecule has 2 aromatic rings. The second-order valence-electron chi connectivity index (χ2n) is 2.63. The predicted molar refractivity (Wildman–Crippen MR) is 58.2 cm³/mol. The molecule has 0 fully saturated rings. The summed E-state index contributed by atoms with van der Waals surface area (Å²) in [5, 5.41) is 11.7. The first kappa shape index (κ1) is 8.42. The second-order valence-corrected chi connectivity index (χ2v) is 4.03. The van der Waals surface area contributed by atoms with E-state index in [1.807, 2.05) is 17.5 Å². The number of anilines is 1. The molecule has 1 heterocycles. The van der Waals surface area contributed by atoms with Crippen LogP contribution < -0.4 is 5.73 Å². The summed E-state index contributed by atoms with van der Waals surface area (Å²) in [7, 11) is 0. The van der Waals surface area contributed by atoms with Gasteiger partial charge in [-0.15, -0.1) is 24.0 Å². The Kier molecular flexibility index (Phi) is 1.91. The van der Waals surface area contributed by atoms with E-state index in [0.717, 1.165) is 10.1 Å².